The third-order valence-corrected chi connectivity index (χ3v) is 4.54. The van der Waals surface area contributed by atoms with E-state index in [0.717, 1.165) is 6.42 Å². The smallest absolute Gasteiger partial charge is 0.303 e. The molecule has 2 aromatic rings. The second-order valence-electron chi connectivity index (χ2n) is 4.80. The Balaban J connectivity index is 2.03. The summed E-state index contributed by atoms with van der Waals surface area (Å²) in [5.41, 5.74) is 1.20. The zero-order valence-corrected chi connectivity index (χ0v) is 13.6. The Morgan fingerprint density at radius 1 is 1.32 bits per heavy atom. The lowest BCUT2D eigenvalue weighted by atomic mass is 10.1. The van der Waals surface area contributed by atoms with Crippen LogP contribution in [0, 0.1) is 3.95 Å². The van der Waals surface area contributed by atoms with Crippen LogP contribution in [0.4, 0.5) is 0 Å². The topological polar surface area (TPSA) is 62.5 Å². The Bertz CT molecular complexity index is 717. The minimum absolute atomic E-state index is 0.0657. The first-order chi connectivity index (χ1) is 10.6. The van der Waals surface area contributed by atoms with Gasteiger partial charge < -0.3 is 10.2 Å². The fourth-order valence-electron chi connectivity index (χ4n) is 2.02. The molecule has 0 aliphatic rings. The molecule has 1 aromatic carbocycles. The molecule has 2 rings (SSSR count). The van der Waals surface area contributed by atoms with Crippen molar-refractivity contribution in [3.8, 4) is 5.88 Å². The number of thiazole rings is 1. The molecule has 0 saturated heterocycles. The van der Waals surface area contributed by atoms with Gasteiger partial charge in [0, 0.05) is 13.0 Å². The Morgan fingerprint density at radius 3 is 2.73 bits per heavy atom. The summed E-state index contributed by atoms with van der Waals surface area (Å²) in [6, 6.07) is 10.0. The summed E-state index contributed by atoms with van der Waals surface area (Å²) < 4.78 is 2.15. The number of hydrogen-bond donors (Lipinski definition) is 2. The quantitative estimate of drug-likeness (QED) is 0.748. The molecule has 0 fully saturated rings. The first-order valence-electron chi connectivity index (χ1n) is 6.93. The third-order valence-electron chi connectivity index (χ3n) is 3.13. The highest BCUT2D eigenvalue weighted by Gasteiger charge is 2.09. The maximum atomic E-state index is 10.5. The van der Waals surface area contributed by atoms with E-state index in [9.17, 15) is 9.90 Å². The van der Waals surface area contributed by atoms with E-state index in [4.69, 9.17) is 17.3 Å². The number of aromatic hydroxyl groups is 1. The molecule has 6 heteroatoms. The molecule has 0 spiro atoms. The van der Waals surface area contributed by atoms with Gasteiger partial charge in [0.2, 0.25) is 5.88 Å². The highest BCUT2D eigenvalue weighted by molar-refractivity contribution is 7.73. The van der Waals surface area contributed by atoms with Crippen LogP contribution >= 0.6 is 23.6 Å². The van der Waals surface area contributed by atoms with Crippen LogP contribution in [0.3, 0.4) is 0 Å². The SMILES string of the molecule is O=C(O)CCCn1c(O)c(C=CCc2ccccc2)sc1=S. The molecule has 4 nitrogen and oxygen atoms in total. The van der Waals surface area contributed by atoms with Crippen LogP contribution in [0.25, 0.3) is 6.08 Å². The molecule has 0 saturated carbocycles. The maximum absolute atomic E-state index is 10.5. The minimum atomic E-state index is -0.843. The molecule has 0 aliphatic carbocycles. The number of carboxylic acid groups (broad SMARTS) is 1. The van der Waals surface area contributed by atoms with Crippen LogP contribution in [0.5, 0.6) is 5.88 Å². The van der Waals surface area contributed by atoms with E-state index in [1.54, 1.807) is 4.57 Å². The largest absolute Gasteiger partial charge is 0.493 e. The average Bonchev–Trinajstić information content (AvgIpc) is 2.76. The van der Waals surface area contributed by atoms with Gasteiger partial charge in [-0.25, -0.2) is 0 Å². The summed E-state index contributed by atoms with van der Waals surface area (Å²) in [4.78, 5) is 11.2. The molecule has 116 valence electrons. The zero-order chi connectivity index (χ0) is 15.9. The lowest BCUT2D eigenvalue weighted by Gasteiger charge is -2.02. The van der Waals surface area contributed by atoms with Gasteiger partial charge in [-0.2, -0.15) is 0 Å². The summed E-state index contributed by atoms with van der Waals surface area (Å²) in [6.07, 6.45) is 5.13. The first-order valence-corrected chi connectivity index (χ1v) is 8.15. The van der Waals surface area contributed by atoms with Gasteiger partial charge in [0.25, 0.3) is 0 Å². The maximum Gasteiger partial charge on any atom is 0.303 e. The van der Waals surface area contributed by atoms with E-state index in [1.165, 1.54) is 16.9 Å². The summed E-state index contributed by atoms with van der Waals surface area (Å²) >= 11 is 6.55. The predicted molar refractivity (Wildman–Crippen MR) is 90.9 cm³/mol. The first kappa shape index (κ1) is 16.5. The summed E-state index contributed by atoms with van der Waals surface area (Å²) in [7, 11) is 0. The van der Waals surface area contributed by atoms with Crippen molar-refractivity contribution in [1.82, 2.24) is 4.57 Å². The zero-order valence-electron chi connectivity index (χ0n) is 11.9. The lowest BCUT2D eigenvalue weighted by Crippen LogP contribution is -2.01. The number of aromatic nitrogens is 1. The normalized spacial score (nSPS) is 11.1. The van der Waals surface area contributed by atoms with Crippen LogP contribution in [0.2, 0.25) is 0 Å². The van der Waals surface area contributed by atoms with E-state index in [2.05, 4.69) is 0 Å². The van der Waals surface area contributed by atoms with Crippen molar-refractivity contribution in [2.45, 2.75) is 25.8 Å². The van der Waals surface area contributed by atoms with Gasteiger partial charge in [-0.3, -0.25) is 9.36 Å². The number of benzene rings is 1. The van der Waals surface area contributed by atoms with Crippen LogP contribution in [0.15, 0.2) is 36.4 Å². The van der Waals surface area contributed by atoms with E-state index >= 15 is 0 Å². The van der Waals surface area contributed by atoms with Crippen molar-refractivity contribution >= 4 is 35.6 Å². The van der Waals surface area contributed by atoms with Gasteiger partial charge in [0.05, 0.1) is 4.88 Å². The van der Waals surface area contributed by atoms with Gasteiger partial charge in [0.1, 0.15) is 0 Å². The molecule has 0 unspecified atom stereocenters. The predicted octanol–water partition coefficient (Wildman–Crippen LogP) is 4.11. The summed E-state index contributed by atoms with van der Waals surface area (Å²) in [5.74, 6) is -0.728. The second kappa shape index (κ2) is 7.91. The van der Waals surface area contributed by atoms with E-state index in [1.807, 2.05) is 42.5 Å². The molecule has 0 radical (unpaired) electrons. The van der Waals surface area contributed by atoms with Crippen LogP contribution in [0.1, 0.15) is 23.3 Å². The van der Waals surface area contributed by atoms with E-state index in [0.29, 0.717) is 21.8 Å². The van der Waals surface area contributed by atoms with Crippen LogP contribution in [-0.4, -0.2) is 20.7 Å². The Labute approximate surface area is 138 Å². The lowest BCUT2D eigenvalue weighted by molar-refractivity contribution is -0.137. The number of allylic oxidation sites excluding steroid dienone is 1. The Morgan fingerprint density at radius 2 is 2.05 bits per heavy atom. The number of hydrogen-bond acceptors (Lipinski definition) is 4. The standard InChI is InChI=1S/C16H17NO3S2/c18-14(19)10-5-11-17-15(20)13(22-16(17)21)9-4-8-12-6-2-1-3-7-12/h1-4,6-7,9,20H,5,8,10-11H2,(H,18,19). The van der Waals surface area contributed by atoms with Crippen molar-refractivity contribution in [3.05, 3.63) is 50.8 Å². The number of carboxylic acids is 1. The monoisotopic (exact) mass is 335 g/mol. The molecule has 1 aromatic heterocycles. The second-order valence-corrected chi connectivity index (χ2v) is 6.47. The van der Waals surface area contributed by atoms with E-state index < -0.39 is 5.97 Å². The summed E-state index contributed by atoms with van der Waals surface area (Å²) in [6.45, 7) is 0.417. The van der Waals surface area contributed by atoms with Gasteiger partial charge in [0.15, 0.2) is 3.95 Å². The van der Waals surface area contributed by atoms with Crippen molar-refractivity contribution in [2.75, 3.05) is 0 Å². The van der Waals surface area contributed by atoms with Crippen molar-refractivity contribution < 1.29 is 15.0 Å². The third kappa shape index (κ3) is 4.54. The molecule has 2 N–H and O–H groups in total. The number of nitrogens with zero attached hydrogens (tertiary/aromatic N) is 1. The molecular formula is C16H17NO3S2. The van der Waals surface area contributed by atoms with Crippen molar-refractivity contribution in [2.24, 2.45) is 0 Å². The minimum Gasteiger partial charge on any atom is -0.493 e. The fourth-order valence-corrected chi connectivity index (χ4v) is 3.31. The highest BCUT2D eigenvalue weighted by Crippen LogP contribution is 2.28. The average molecular weight is 335 g/mol. The molecule has 22 heavy (non-hydrogen) atoms. The number of aliphatic carboxylic acids is 1. The summed E-state index contributed by atoms with van der Waals surface area (Å²) in [5, 5.41) is 18.8. The molecular weight excluding hydrogens is 318 g/mol. The molecule has 1 heterocycles. The number of rotatable bonds is 7. The van der Waals surface area contributed by atoms with Gasteiger partial charge >= 0.3 is 5.97 Å². The molecule has 0 atom stereocenters. The Hall–Kier alpha value is -1.92. The fraction of sp³-hybridized carbons (Fsp3) is 0.250. The highest BCUT2D eigenvalue weighted by atomic mass is 32.1. The molecule has 0 aliphatic heterocycles. The number of carbonyl (C=O) groups is 1. The molecule has 0 amide bonds. The van der Waals surface area contributed by atoms with Crippen molar-refractivity contribution in [1.29, 1.82) is 0 Å². The van der Waals surface area contributed by atoms with E-state index in [-0.39, 0.29) is 12.3 Å². The van der Waals surface area contributed by atoms with Gasteiger partial charge in [-0.05, 0) is 36.7 Å². The molecule has 0 bridgehead atoms. The van der Waals surface area contributed by atoms with Crippen molar-refractivity contribution in [3.63, 3.8) is 0 Å². The van der Waals surface area contributed by atoms with Crippen LogP contribution < -0.4 is 0 Å². The van der Waals surface area contributed by atoms with Gasteiger partial charge in [-0.15, -0.1) is 11.3 Å². The van der Waals surface area contributed by atoms with Crippen LogP contribution in [-0.2, 0) is 17.8 Å². The van der Waals surface area contributed by atoms with Gasteiger partial charge in [-0.1, -0.05) is 36.4 Å². The Kier molecular flexibility index (Phi) is 5.91.